The van der Waals surface area contributed by atoms with Crippen LogP contribution >= 0.6 is 39.9 Å². The topological polar surface area (TPSA) is 55.4 Å². The van der Waals surface area contributed by atoms with Gasteiger partial charge in [-0.25, -0.2) is 0 Å². The average Bonchev–Trinajstić information content (AvgIpc) is 2.37. The first kappa shape index (κ1) is 16.1. The number of benzene rings is 1. The van der Waals surface area contributed by atoms with E-state index in [-0.39, 0.29) is 5.75 Å². The Balaban J connectivity index is 2.42. The largest absolute Gasteiger partial charge is 0.479 e. The van der Waals surface area contributed by atoms with Gasteiger partial charge in [-0.3, -0.25) is 14.9 Å². The highest BCUT2D eigenvalue weighted by atomic mass is 79.9. The number of halogens is 1. The van der Waals surface area contributed by atoms with Crippen LogP contribution in [-0.4, -0.2) is 28.6 Å². The molecule has 0 aromatic heterocycles. The van der Waals surface area contributed by atoms with Crippen molar-refractivity contribution in [2.24, 2.45) is 0 Å². The van der Waals surface area contributed by atoms with E-state index in [1.807, 2.05) is 6.92 Å². The van der Waals surface area contributed by atoms with Gasteiger partial charge < -0.3 is 4.74 Å². The maximum Gasteiger partial charge on any atom is 0.257 e. The summed E-state index contributed by atoms with van der Waals surface area (Å²) in [5.41, 5.74) is 0.425. The Morgan fingerprint density at radius 1 is 1.37 bits per heavy atom. The molecule has 0 spiro atoms. The van der Waals surface area contributed by atoms with Crippen molar-refractivity contribution < 1.29 is 14.3 Å². The van der Waals surface area contributed by atoms with Crippen LogP contribution in [0.2, 0.25) is 0 Å². The van der Waals surface area contributed by atoms with Gasteiger partial charge in [-0.05, 0) is 43.4 Å². The summed E-state index contributed by atoms with van der Waals surface area (Å²) in [4.78, 5) is 23.2. The molecule has 1 aromatic rings. The van der Waals surface area contributed by atoms with Crippen LogP contribution in [0.1, 0.15) is 17.3 Å². The van der Waals surface area contributed by atoms with Gasteiger partial charge in [0.1, 0.15) is 0 Å². The molecule has 0 atom stereocenters. The number of hydrogen-bond acceptors (Lipinski definition) is 5. The van der Waals surface area contributed by atoms with E-state index in [4.69, 9.17) is 17.0 Å². The normalized spacial score (nSPS) is 9.79. The third kappa shape index (κ3) is 6.17. The van der Waals surface area contributed by atoms with Gasteiger partial charge in [0.25, 0.3) is 5.91 Å². The maximum atomic E-state index is 11.7. The molecule has 4 nitrogen and oxygen atoms in total. The number of thioether (sulfide) groups is 1. The predicted octanol–water partition coefficient (Wildman–Crippen LogP) is 2.76. The van der Waals surface area contributed by atoms with E-state index in [2.05, 4.69) is 21.2 Å². The van der Waals surface area contributed by atoms with Crippen molar-refractivity contribution in [3.63, 3.8) is 0 Å². The summed E-state index contributed by atoms with van der Waals surface area (Å²) in [6.07, 6.45) is 0. The number of hydrogen-bond donors (Lipinski definition) is 1. The van der Waals surface area contributed by atoms with Crippen molar-refractivity contribution in [1.29, 1.82) is 0 Å². The molecule has 0 saturated heterocycles. The van der Waals surface area contributed by atoms with Gasteiger partial charge in [0.15, 0.2) is 0 Å². The number of imide groups is 1. The highest BCUT2D eigenvalue weighted by molar-refractivity contribution is 9.10. The maximum absolute atomic E-state index is 11.7. The number of rotatable bonds is 4. The molecule has 0 bridgehead atoms. The standard InChI is InChI=1S/C12H12BrNO3S2/c1-2-17-12(18)19-7-10(15)14-11(16)8-3-5-9(13)6-4-8/h3-6H,2,7H2,1H3,(H,14,15,16). The van der Waals surface area contributed by atoms with E-state index in [1.165, 1.54) is 0 Å². The second-order valence-corrected chi connectivity index (χ2v) is 5.85. The van der Waals surface area contributed by atoms with Crippen LogP contribution in [0.5, 0.6) is 0 Å². The molecule has 0 fully saturated rings. The van der Waals surface area contributed by atoms with Crippen molar-refractivity contribution in [3.05, 3.63) is 34.3 Å². The second-order valence-electron chi connectivity index (χ2n) is 3.36. The average molecular weight is 362 g/mol. The van der Waals surface area contributed by atoms with Crippen LogP contribution in [0.25, 0.3) is 0 Å². The van der Waals surface area contributed by atoms with E-state index in [9.17, 15) is 9.59 Å². The van der Waals surface area contributed by atoms with Gasteiger partial charge >= 0.3 is 0 Å². The van der Waals surface area contributed by atoms with Gasteiger partial charge in [0, 0.05) is 10.0 Å². The molecule has 0 aliphatic carbocycles. The van der Waals surface area contributed by atoms with Crippen molar-refractivity contribution >= 4 is 56.1 Å². The lowest BCUT2D eigenvalue weighted by atomic mass is 10.2. The minimum Gasteiger partial charge on any atom is -0.479 e. The van der Waals surface area contributed by atoms with Gasteiger partial charge in [-0.2, -0.15) is 0 Å². The molecular formula is C12H12BrNO3S2. The van der Waals surface area contributed by atoms with Crippen molar-refractivity contribution in [2.75, 3.05) is 12.4 Å². The molecule has 0 aliphatic heterocycles. The lowest BCUT2D eigenvalue weighted by molar-refractivity contribution is -0.117. The van der Waals surface area contributed by atoms with Crippen LogP contribution in [0.15, 0.2) is 28.7 Å². The molecule has 0 radical (unpaired) electrons. The Hall–Kier alpha value is -0.920. The zero-order valence-electron chi connectivity index (χ0n) is 10.1. The summed E-state index contributed by atoms with van der Waals surface area (Å²) in [7, 11) is 0. The van der Waals surface area contributed by atoms with Crippen LogP contribution in [0.4, 0.5) is 0 Å². The molecule has 2 amide bonds. The molecule has 0 saturated carbocycles. The highest BCUT2D eigenvalue weighted by Gasteiger charge is 2.11. The van der Waals surface area contributed by atoms with Gasteiger partial charge in [0.2, 0.25) is 10.3 Å². The summed E-state index contributed by atoms with van der Waals surface area (Å²) in [6, 6.07) is 6.73. The number of thiocarbonyl (C=S) groups is 1. The Morgan fingerprint density at radius 3 is 2.58 bits per heavy atom. The molecule has 0 aliphatic rings. The summed E-state index contributed by atoms with van der Waals surface area (Å²) in [5, 5.41) is 2.28. The Kier molecular flexibility index (Phi) is 7.04. The number of ether oxygens (including phenoxy) is 1. The molecule has 1 aromatic carbocycles. The minimum absolute atomic E-state index is 0.0566. The van der Waals surface area contributed by atoms with Crippen LogP contribution < -0.4 is 5.32 Å². The molecule has 1 rings (SSSR count). The quantitative estimate of drug-likeness (QED) is 0.835. The highest BCUT2D eigenvalue weighted by Crippen LogP contribution is 2.10. The number of carbonyl (C=O) groups is 2. The first-order valence-corrected chi connectivity index (χ1v) is 7.61. The Bertz CT molecular complexity index is 476. The predicted molar refractivity (Wildman–Crippen MR) is 83.3 cm³/mol. The fourth-order valence-electron chi connectivity index (χ4n) is 1.12. The second kappa shape index (κ2) is 8.29. The zero-order valence-corrected chi connectivity index (χ0v) is 13.4. The van der Waals surface area contributed by atoms with Crippen molar-refractivity contribution in [3.8, 4) is 0 Å². The molecule has 0 unspecified atom stereocenters. The van der Waals surface area contributed by atoms with Gasteiger partial charge in [0.05, 0.1) is 12.4 Å². The van der Waals surface area contributed by atoms with Crippen molar-refractivity contribution in [1.82, 2.24) is 5.32 Å². The van der Waals surface area contributed by atoms with E-state index < -0.39 is 11.8 Å². The van der Waals surface area contributed by atoms with Gasteiger partial charge in [-0.1, -0.05) is 27.7 Å². The third-order valence-corrected chi connectivity index (χ3v) is 3.70. The van der Waals surface area contributed by atoms with Crippen LogP contribution in [0, 0.1) is 0 Å². The fourth-order valence-corrected chi connectivity index (χ4v) is 2.20. The van der Waals surface area contributed by atoms with E-state index in [1.54, 1.807) is 24.3 Å². The smallest absolute Gasteiger partial charge is 0.257 e. The fraction of sp³-hybridized carbons (Fsp3) is 0.250. The summed E-state index contributed by atoms with van der Waals surface area (Å²) >= 11 is 9.22. The van der Waals surface area contributed by atoms with Crippen molar-refractivity contribution in [2.45, 2.75) is 6.92 Å². The molecule has 7 heteroatoms. The summed E-state index contributed by atoms with van der Waals surface area (Å²) in [6.45, 7) is 2.27. The zero-order chi connectivity index (χ0) is 14.3. The SMILES string of the molecule is CCOC(=S)SCC(=O)NC(=O)c1ccc(Br)cc1. The lowest BCUT2D eigenvalue weighted by Crippen LogP contribution is -2.32. The Labute approximate surface area is 129 Å². The molecule has 1 N–H and O–H groups in total. The number of nitrogens with one attached hydrogen (secondary N) is 1. The molecular weight excluding hydrogens is 350 g/mol. The first-order chi connectivity index (χ1) is 9.02. The molecule has 19 heavy (non-hydrogen) atoms. The van der Waals surface area contributed by atoms with E-state index in [0.717, 1.165) is 16.2 Å². The summed E-state index contributed by atoms with van der Waals surface area (Å²) in [5.74, 6) is -0.776. The number of amides is 2. The lowest BCUT2D eigenvalue weighted by Gasteiger charge is -2.05. The molecule has 0 heterocycles. The van der Waals surface area contributed by atoms with E-state index >= 15 is 0 Å². The van der Waals surface area contributed by atoms with Crippen LogP contribution in [-0.2, 0) is 9.53 Å². The monoisotopic (exact) mass is 361 g/mol. The van der Waals surface area contributed by atoms with Crippen LogP contribution in [0.3, 0.4) is 0 Å². The summed E-state index contributed by atoms with van der Waals surface area (Å²) < 4.78 is 6.19. The minimum atomic E-state index is -0.430. The van der Waals surface area contributed by atoms with Gasteiger partial charge in [-0.15, -0.1) is 0 Å². The third-order valence-electron chi connectivity index (χ3n) is 1.94. The molecule has 102 valence electrons. The Morgan fingerprint density at radius 2 is 2.00 bits per heavy atom. The van der Waals surface area contributed by atoms with E-state index in [0.29, 0.717) is 16.6 Å². The number of carbonyl (C=O) groups excluding carboxylic acids is 2. The first-order valence-electron chi connectivity index (χ1n) is 5.42.